The van der Waals surface area contributed by atoms with E-state index in [-0.39, 0.29) is 17.3 Å². The molecule has 0 aromatic heterocycles. The van der Waals surface area contributed by atoms with Gasteiger partial charge in [0, 0.05) is 23.7 Å². The van der Waals surface area contributed by atoms with E-state index in [1.54, 1.807) is 12.1 Å². The van der Waals surface area contributed by atoms with Crippen LogP contribution in [-0.4, -0.2) is 59.2 Å². The Bertz CT molecular complexity index is 1510. The minimum absolute atomic E-state index is 0.0542. The predicted molar refractivity (Wildman–Crippen MR) is 150 cm³/mol. The van der Waals surface area contributed by atoms with Gasteiger partial charge in [-0.2, -0.15) is 26.3 Å². The van der Waals surface area contributed by atoms with Crippen LogP contribution in [0.2, 0.25) is 0 Å². The van der Waals surface area contributed by atoms with E-state index >= 15 is 0 Å². The van der Waals surface area contributed by atoms with Crippen molar-refractivity contribution in [2.24, 2.45) is 5.73 Å². The van der Waals surface area contributed by atoms with E-state index in [2.05, 4.69) is 5.32 Å². The van der Waals surface area contributed by atoms with Crippen molar-refractivity contribution in [1.29, 1.82) is 0 Å². The van der Waals surface area contributed by atoms with Gasteiger partial charge in [0.2, 0.25) is 5.78 Å². The molecule has 3 aromatic carbocycles. The molecular formula is C30H28F6N2O7. The number of carboxylic acid groups (broad SMARTS) is 2. The fraction of sp³-hybridized carbons (Fsp3) is 0.267. The third-order valence-corrected chi connectivity index (χ3v) is 5.90. The maximum atomic E-state index is 13.0. The number of fused-ring (bicyclic) bond motifs is 2. The second-order valence-electron chi connectivity index (χ2n) is 9.32. The quantitative estimate of drug-likeness (QED) is 0.171. The molecule has 0 aliphatic heterocycles. The highest BCUT2D eigenvalue weighted by Gasteiger charge is 2.39. The molecule has 0 atom stereocenters. The molecule has 0 radical (unpaired) electrons. The Morgan fingerprint density at radius 2 is 1.29 bits per heavy atom. The molecule has 0 heterocycles. The Balaban J connectivity index is 0.000000421. The van der Waals surface area contributed by atoms with Crippen molar-refractivity contribution >= 4 is 34.3 Å². The number of carboxylic acids is 2. The first-order valence-corrected chi connectivity index (χ1v) is 13.2. The molecule has 0 bridgehead atoms. The lowest BCUT2D eigenvalue weighted by molar-refractivity contribution is -0.193. The van der Waals surface area contributed by atoms with Gasteiger partial charge in [0.25, 0.3) is 0 Å². The van der Waals surface area contributed by atoms with Crippen molar-refractivity contribution in [3.63, 3.8) is 0 Å². The minimum Gasteiger partial charge on any atom is -0.475 e. The number of carbonyl (C=O) groups is 4. The van der Waals surface area contributed by atoms with Crippen LogP contribution in [0.5, 0.6) is 5.75 Å². The molecule has 1 aliphatic rings. The molecule has 0 unspecified atom stereocenters. The summed E-state index contributed by atoms with van der Waals surface area (Å²) >= 11 is 0. The zero-order chi connectivity index (χ0) is 33.8. The molecule has 0 amide bonds. The number of hydrogen-bond acceptors (Lipinski definition) is 7. The first kappa shape index (κ1) is 36.4. The number of alkyl halides is 6. The van der Waals surface area contributed by atoms with Gasteiger partial charge in [-0.1, -0.05) is 42.8 Å². The Labute approximate surface area is 252 Å². The second kappa shape index (κ2) is 16.4. The summed E-state index contributed by atoms with van der Waals surface area (Å²) in [5.41, 5.74) is 7.44. The van der Waals surface area contributed by atoms with Gasteiger partial charge in [-0.3, -0.25) is 9.59 Å². The maximum absolute atomic E-state index is 13.0. The van der Waals surface area contributed by atoms with E-state index in [9.17, 15) is 35.9 Å². The molecule has 0 fully saturated rings. The third kappa shape index (κ3) is 11.7. The van der Waals surface area contributed by atoms with Crippen LogP contribution in [-0.2, 0) is 16.1 Å². The highest BCUT2D eigenvalue weighted by Crippen LogP contribution is 2.28. The van der Waals surface area contributed by atoms with Gasteiger partial charge in [0.05, 0.1) is 0 Å². The lowest BCUT2D eigenvalue weighted by Crippen LogP contribution is -2.21. The molecule has 3 aromatic rings. The number of Topliss-reactive ketones (excluding diaryl/α,β-unsaturated/α-hetero) is 1. The van der Waals surface area contributed by atoms with Crippen LogP contribution in [0, 0.1) is 0 Å². The predicted octanol–water partition coefficient (Wildman–Crippen LogP) is 5.67. The summed E-state index contributed by atoms with van der Waals surface area (Å²) in [5.74, 6) is -5.42. The summed E-state index contributed by atoms with van der Waals surface area (Å²) in [5, 5.41) is 19.5. The Morgan fingerprint density at radius 1 is 0.778 bits per heavy atom. The number of ether oxygens (including phenoxy) is 1. The molecule has 1 aliphatic carbocycles. The zero-order valence-corrected chi connectivity index (χ0v) is 23.4. The number of hydrogen-bond donors (Lipinski definition) is 4. The van der Waals surface area contributed by atoms with Crippen LogP contribution in [0.3, 0.4) is 0 Å². The van der Waals surface area contributed by atoms with Gasteiger partial charge in [-0.25, -0.2) is 9.59 Å². The van der Waals surface area contributed by atoms with E-state index in [1.165, 1.54) is 6.08 Å². The van der Waals surface area contributed by atoms with Crippen LogP contribution in [0.4, 0.5) is 26.3 Å². The van der Waals surface area contributed by atoms with E-state index < -0.39 is 24.3 Å². The van der Waals surface area contributed by atoms with Crippen molar-refractivity contribution < 1.29 is 60.5 Å². The minimum atomic E-state index is -5.08. The molecule has 242 valence electrons. The molecule has 0 spiro atoms. The van der Waals surface area contributed by atoms with Crippen molar-refractivity contribution in [2.45, 2.75) is 38.2 Å². The molecular weight excluding hydrogens is 614 g/mol. The van der Waals surface area contributed by atoms with E-state index in [4.69, 9.17) is 30.3 Å². The maximum Gasteiger partial charge on any atom is 0.490 e. The second-order valence-corrected chi connectivity index (χ2v) is 9.32. The number of carbonyl (C=O) groups excluding carboxylic acids is 2. The number of halogens is 6. The average molecular weight is 643 g/mol. The van der Waals surface area contributed by atoms with Gasteiger partial charge in [-0.15, -0.1) is 0 Å². The number of benzene rings is 3. The SMILES string of the molecule is NCCCCCNCc1ccc(OC2=CC(=O)c3cc4ccccc4cc3C2=O)cc1.O=C(O)C(F)(F)F.O=C(O)C(F)(F)F. The summed E-state index contributed by atoms with van der Waals surface area (Å²) < 4.78 is 69.3. The number of ketones is 2. The summed E-state index contributed by atoms with van der Waals surface area (Å²) in [6.07, 6.45) is -5.57. The van der Waals surface area contributed by atoms with Gasteiger partial charge >= 0.3 is 24.3 Å². The number of rotatable bonds is 9. The lowest BCUT2D eigenvalue weighted by atomic mass is 9.90. The number of nitrogens with two attached hydrogens (primary N) is 1. The third-order valence-electron chi connectivity index (χ3n) is 5.90. The fourth-order valence-corrected chi connectivity index (χ4v) is 3.71. The molecule has 0 saturated carbocycles. The van der Waals surface area contributed by atoms with Gasteiger partial charge in [0.15, 0.2) is 11.5 Å². The molecule has 9 nitrogen and oxygen atoms in total. The van der Waals surface area contributed by atoms with Crippen molar-refractivity contribution in [3.8, 4) is 5.75 Å². The summed E-state index contributed by atoms with van der Waals surface area (Å²) in [6, 6.07) is 18.8. The molecule has 0 saturated heterocycles. The van der Waals surface area contributed by atoms with Crippen LogP contribution in [0.15, 0.2) is 72.5 Å². The van der Waals surface area contributed by atoms with E-state index in [1.807, 2.05) is 48.5 Å². The lowest BCUT2D eigenvalue weighted by Gasteiger charge is -2.17. The van der Waals surface area contributed by atoms with Gasteiger partial charge in [-0.05, 0) is 66.5 Å². The van der Waals surface area contributed by atoms with Gasteiger partial charge < -0.3 is 26.0 Å². The van der Waals surface area contributed by atoms with Crippen LogP contribution in [0.25, 0.3) is 10.8 Å². The Hall–Kier alpha value is -4.76. The zero-order valence-electron chi connectivity index (χ0n) is 23.4. The normalized spacial score (nSPS) is 12.6. The molecule has 15 heteroatoms. The van der Waals surface area contributed by atoms with Crippen LogP contribution in [0.1, 0.15) is 45.5 Å². The number of nitrogens with one attached hydrogen (secondary N) is 1. The largest absolute Gasteiger partial charge is 0.490 e. The number of allylic oxidation sites excluding steroid dienone is 2. The summed E-state index contributed by atoms with van der Waals surface area (Å²) in [7, 11) is 0. The van der Waals surface area contributed by atoms with Crippen molar-refractivity contribution in [2.75, 3.05) is 13.1 Å². The fourth-order valence-electron chi connectivity index (χ4n) is 3.71. The highest BCUT2D eigenvalue weighted by molar-refractivity contribution is 6.25. The smallest absolute Gasteiger partial charge is 0.475 e. The van der Waals surface area contributed by atoms with Crippen LogP contribution < -0.4 is 15.8 Å². The highest BCUT2D eigenvalue weighted by atomic mass is 19.4. The number of aliphatic carboxylic acids is 2. The van der Waals surface area contributed by atoms with Crippen molar-refractivity contribution in [3.05, 3.63) is 89.2 Å². The molecule has 5 N–H and O–H groups in total. The first-order valence-electron chi connectivity index (χ1n) is 13.2. The van der Waals surface area contributed by atoms with E-state index in [0.29, 0.717) is 16.9 Å². The Morgan fingerprint density at radius 3 is 1.78 bits per heavy atom. The molecule has 45 heavy (non-hydrogen) atoms. The Kier molecular flexibility index (Phi) is 13.2. The number of unbranched alkanes of at least 4 members (excludes halogenated alkanes) is 2. The molecule has 4 rings (SSSR count). The topological polar surface area (TPSA) is 156 Å². The summed E-state index contributed by atoms with van der Waals surface area (Å²) in [6.45, 7) is 2.47. The van der Waals surface area contributed by atoms with Crippen LogP contribution >= 0.6 is 0 Å². The monoisotopic (exact) mass is 642 g/mol. The summed E-state index contributed by atoms with van der Waals surface area (Å²) in [4.78, 5) is 43.4. The van der Waals surface area contributed by atoms with Crippen molar-refractivity contribution in [1.82, 2.24) is 5.32 Å². The standard InChI is InChI=1S/C26H26N2O3.2C2HF3O2/c27-12-4-1-5-13-28-17-18-8-10-21(11-9-18)31-25-16-24(29)22-14-19-6-2-3-7-20(19)15-23(22)26(25)30;2*3-2(4,5)1(6)7/h2-3,6-11,14-16,28H,1,4-5,12-13,17,27H2;2*(H,6,7). The average Bonchev–Trinajstić information content (AvgIpc) is 2.97. The van der Waals surface area contributed by atoms with E-state index in [0.717, 1.165) is 55.2 Å². The van der Waals surface area contributed by atoms with Gasteiger partial charge in [0.1, 0.15) is 5.75 Å². The first-order chi connectivity index (χ1) is 21.0.